The molecule has 0 saturated carbocycles. The number of carboxylic acid groups (broad SMARTS) is 1. The standard InChI is InChI=1S/C13H20N2O4S/c1-3-11(16)15-7-20-6-10(15)12(17)14-4-8(2)9(5-14)13(18)19/h8-10H,3-7H2,1-2H3,(H,18,19)/t8-,9-,10?/m1/s1. The van der Waals surface area contributed by atoms with Gasteiger partial charge >= 0.3 is 5.97 Å². The van der Waals surface area contributed by atoms with Crippen molar-refractivity contribution in [3.8, 4) is 0 Å². The van der Waals surface area contributed by atoms with Crippen LogP contribution in [0.2, 0.25) is 0 Å². The molecule has 0 aromatic rings. The van der Waals surface area contributed by atoms with Gasteiger partial charge in [-0.1, -0.05) is 13.8 Å². The first-order chi connectivity index (χ1) is 9.45. The van der Waals surface area contributed by atoms with E-state index in [-0.39, 0.29) is 24.3 Å². The molecule has 2 aliphatic rings. The fraction of sp³-hybridized carbons (Fsp3) is 0.769. The molecule has 0 radical (unpaired) electrons. The molecule has 1 N–H and O–H groups in total. The zero-order valence-electron chi connectivity index (χ0n) is 11.7. The van der Waals surface area contributed by atoms with Crippen molar-refractivity contribution < 1.29 is 19.5 Å². The molecule has 0 aromatic heterocycles. The Kier molecular flexibility index (Phi) is 4.57. The first kappa shape index (κ1) is 15.2. The van der Waals surface area contributed by atoms with Gasteiger partial charge in [0, 0.05) is 25.3 Å². The lowest BCUT2D eigenvalue weighted by Gasteiger charge is -2.27. The molecular weight excluding hydrogens is 280 g/mol. The number of aliphatic carboxylic acids is 1. The van der Waals surface area contributed by atoms with Crippen molar-refractivity contribution in [3.63, 3.8) is 0 Å². The minimum Gasteiger partial charge on any atom is -0.481 e. The van der Waals surface area contributed by atoms with Crippen LogP contribution in [0.15, 0.2) is 0 Å². The molecule has 2 aliphatic heterocycles. The number of rotatable bonds is 3. The summed E-state index contributed by atoms with van der Waals surface area (Å²) in [7, 11) is 0. The number of carbonyl (C=O) groups excluding carboxylic acids is 2. The maximum absolute atomic E-state index is 12.5. The van der Waals surface area contributed by atoms with Crippen LogP contribution in [0.5, 0.6) is 0 Å². The van der Waals surface area contributed by atoms with Crippen molar-refractivity contribution in [1.29, 1.82) is 0 Å². The smallest absolute Gasteiger partial charge is 0.308 e. The second-order valence-corrected chi connectivity index (χ2v) is 6.40. The zero-order valence-corrected chi connectivity index (χ0v) is 12.6. The van der Waals surface area contributed by atoms with Gasteiger partial charge in [-0.3, -0.25) is 14.4 Å². The predicted molar refractivity (Wildman–Crippen MR) is 75.1 cm³/mol. The summed E-state index contributed by atoms with van der Waals surface area (Å²) >= 11 is 1.57. The van der Waals surface area contributed by atoms with Gasteiger partial charge in [0.1, 0.15) is 6.04 Å². The number of carbonyl (C=O) groups is 3. The Hall–Kier alpha value is -1.24. The lowest BCUT2D eigenvalue weighted by molar-refractivity contribution is -0.144. The summed E-state index contributed by atoms with van der Waals surface area (Å²) in [6.45, 7) is 4.35. The first-order valence-corrected chi connectivity index (χ1v) is 8.00. The van der Waals surface area contributed by atoms with Crippen molar-refractivity contribution in [2.45, 2.75) is 26.3 Å². The number of likely N-dealkylation sites (tertiary alicyclic amines) is 1. The van der Waals surface area contributed by atoms with Crippen LogP contribution in [-0.4, -0.2) is 63.5 Å². The third-order valence-corrected chi connectivity index (χ3v) is 5.04. The molecule has 3 atom stereocenters. The Morgan fingerprint density at radius 3 is 2.55 bits per heavy atom. The number of carboxylic acids is 1. The van der Waals surface area contributed by atoms with Crippen LogP contribution < -0.4 is 0 Å². The normalized spacial score (nSPS) is 29.8. The number of amides is 2. The summed E-state index contributed by atoms with van der Waals surface area (Å²) < 4.78 is 0. The van der Waals surface area contributed by atoms with Crippen LogP contribution in [0.1, 0.15) is 20.3 Å². The largest absolute Gasteiger partial charge is 0.481 e. The minimum atomic E-state index is -0.852. The van der Waals surface area contributed by atoms with E-state index >= 15 is 0 Å². The van der Waals surface area contributed by atoms with Crippen LogP contribution in [0.25, 0.3) is 0 Å². The highest BCUT2D eigenvalue weighted by Gasteiger charge is 2.42. The quantitative estimate of drug-likeness (QED) is 0.820. The van der Waals surface area contributed by atoms with Crippen LogP contribution in [-0.2, 0) is 14.4 Å². The molecule has 2 rings (SSSR count). The molecule has 6 nitrogen and oxygen atoms in total. The summed E-state index contributed by atoms with van der Waals surface area (Å²) in [5.41, 5.74) is 0. The Morgan fingerprint density at radius 2 is 2.00 bits per heavy atom. The summed E-state index contributed by atoms with van der Waals surface area (Å²) in [6, 6.07) is -0.424. The van der Waals surface area contributed by atoms with E-state index in [9.17, 15) is 14.4 Å². The zero-order chi connectivity index (χ0) is 14.9. The highest BCUT2D eigenvalue weighted by molar-refractivity contribution is 7.99. The fourth-order valence-corrected chi connectivity index (χ4v) is 3.95. The monoisotopic (exact) mass is 300 g/mol. The number of nitrogens with zero attached hydrogens (tertiary/aromatic N) is 2. The van der Waals surface area contributed by atoms with Gasteiger partial charge in [0.05, 0.1) is 11.8 Å². The van der Waals surface area contributed by atoms with Crippen molar-refractivity contribution in [2.75, 3.05) is 24.7 Å². The van der Waals surface area contributed by atoms with Gasteiger partial charge in [0.25, 0.3) is 0 Å². The first-order valence-electron chi connectivity index (χ1n) is 6.84. The highest BCUT2D eigenvalue weighted by atomic mass is 32.2. The number of hydrogen-bond donors (Lipinski definition) is 1. The van der Waals surface area contributed by atoms with E-state index in [2.05, 4.69) is 0 Å². The van der Waals surface area contributed by atoms with Crippen molar-refractivity contribution in [3.05, 3.63) is 0 Å². The molecular formula is C13H20N2O4S. The Balaban J connectivity index is 2.05. The Bertz CT molecular complexity index is 429. The molecule has 2 heterocycles. The molecule has 0 bridgehead atoms. The van der Waals surface area contributed by atoms with Gasteiger partial charge in [-0.25, -0.2) is 0 Å². The average Bonchev–Trinajstić information content (AvgIpc) is 3.03. The van der Waals surface area contributed by atoms with Crippen LogP contribution in [0, 0.1) is 11.8 Å². The molecule has 7 heteroatoms. The SMILES string of the molecule is CCC(=O)N1CSCC1C(=O)N1C[C@@H](C)[C@H](C(=O)O)C1. The molecule has 2 saturated heterocycles. The molecule has 20 heavy (non-hydrogen) atoms. The van der Waals surface area contributed by atoms with E-state index in [1.807, 2.05) is 6.92 Å². The Morgan fingerprint density at radius 1 is 1.30 bits per heavy atom. The van der Waals surface area contributed by atoms with E-state index < -0.39 is 17.9 Å². The number of hydrogen-bond acceptors (Lipinski definition) is 4. The van der Waals surface area contributed by atoms with Crippen LogP contribution in [0.4, 0.5) is 0 Å². The third-order valence-electron chi connectivity index (χ3n) is 4.03. The van der Waals surface area contributed by atoms with Gasteiger partial charge in [0.2, 0.25) is 11.8 Å². The second kappa shape index (κ2) is 6.03. The molecule has 1 unspecified atom stereocenters. The van der Waals surface area contributed by atoms with Gasteiger partial charge in [0.15, 0.2) is 0 Å². The lowest BCUT2D eigenvalue weighted by atomic mass is 9.99. The highest BCUT2D eigenvalue weighted by Crippen LogP contribution is 2.28. The third kappa shape index (κ3) is 2.77. The second-order valence-electron chi connectivity index (χ2n) is 5.40. The summed E-state index contributed by atoms with van der Waals surface area (Å²) in [4.78, 5) is 38.7. The molecule has 0 aliphatic carbocycles. The average molecular weight is 300 g/mol. The topological polar surface area (TPSA) is 77.9 Å². The molecule has 2 amide bonds. The number of thioether (sulfide) groups is 1. The van der Waals surface area contributed by atoms with Crippen molar-refractivity contribution >= 4 is 29.5 Å². The van der Waals surface area contributed by atoms with Crippen molar-refractivity contribution in [2.24, 2.45) is 11.8 Å². The summed E-state index contributed by atoms with van der Waals surface area (Å²) in [5.74, 6) is -0.357. The minimum absolute atomic E-state index is 0.0182. The van der Waals surface area contributed by atoms with Crippen LogP contribution >= 0.6 is 11.8 Å². The van der Waals surface area contributed by atoms with E-state index in [1.54, 1.807) is 28.5 Å². The van der Waals surface area contributed by atoms with Gasteiger partial charge < -0.3 is 14.9 Å². The molecule has 0 aromatic carbocycles. The van der Waals surface area contributed by atoms with E-state index in [1.165, 1.54) is 0 Å². The Labute approximate surface area is 122 Å². The van der Waals surface area contributed by atoms with E-state index in [0.717, 1.165) is 0 Å². The molecule has 112 valence electrons. The molecule has 2 fully saturated rings. The van der Waals surface area contributed by atoms with Gasteiger partial charge in [-0.15, -0.1) is 11.8 Å². The van der Waals surface area contributed by atoms with Gasteiger partial charge in [-0.05, 0) is 5.92 Å². The van der Waals surface area contributed by atoms with Crippen LogP contribution in [0.3, 0.4) is 0 Å². The predicted octanol–water partition coefficient (Wildman–Crippen LogP) is 0.477. The van der Waals surface area contributed by atoms with E-state index in [0.29, 0.717) is 24.6 Å². The van der Waals surface area contributed by atoms with Crippen molar-refractivity contribution in [1.82, 2.24) is 9.80 Å². The maximum Gasteiger partial charge on any atom is 0.308 e. The summed E-state index contributed by atoms with van der Waals surface area (Å²) in [6.07, 6.45) is 0.387. The molecule has 0 spiro atoms. The lowest BCUT2D eigenvalue weighted by Crippen LogP contribution is -2.48. The fourth-order valence-electron chi connectivity index (χ4n) is 2.78. The van der Waals surface area contributed by atoms with Gasteiger partial charge in [-0.2, -0.15) is 0 Å². The summed E-state index contributed by atoms with van der Waals surface area (Å²) in [5, 5.41) is 9.12. The van der Waals surface area contributed by atoms with E-state index in [4.69, 9.17) is 5.11 Å². The maximum atomic E-state index is 12.5.